The van der Waals surface area contributed by atoms with Crippen LogP contribution in [0.4, 0.5) is 0 Å². The van der Waals surface area contributed by atoms with E-state index < -0.39 is 5.60 Å². The molecule has 1 atom stereocenters. The normalized spacial score (nSPS) is 18.7. The highest BCUT2D eigenvalue weighted by atomic mass is 35.5. The van der Waals surface area contributed by atoms with Crippen LogP contribution in [0.3, 0.4) is 0 Å². The van der Waals surface area contributed by atoms with Gasteiger partial charge in [-0.05, 0) is 74.5 Å². The highest BCUT2D eigenvalue weighted by molar-refractivity contribution is 6.32. The first-order valence-electron chi connectivity index (χ1n) is 13.0. The number of hydrogen-bond acceptors (Lipinski definition) is 5. The van der Waals surface area contributed by atoms with Gasteiger partial charge in [0.15, 0.2) is 0 Å². The van der Waals surface area contributed by atoms with E-state index in [0.29, 0.717) is 30.2 Å². The van der Waals surface area contributed by atoms with Crippen molar-refractivity contribution >= 4 is 11.6 Å². The molecular weight excluding hydrogens is 474 g/mol. The zero-order valence-electron chi connectivity index (χ0n) is 21.5. The number of rotatable bonds is 11. The standard InChI is InChI=1S/C29H38ClN3O3/c1-3-28-31-13-17-33(28)15-6-18-35-25-8-4-7-24(20-25)21-32-14-5-11-29(34,12-16-32)22-36-27-19-23(2)9-10-26(27)30/h4,7-10,13,17,19-20,34H,3,5-6,11-12,14-16,18,21-22H2,1-2H3. The summed E-state index contributed by atoms with van der Waals surface area (Å²) in [7, 11) is 0. The third kappa shape index (κ3) is 7.48. The Morgan fingerprint density at radius 3 is 2.86 bits per heavy atom. The Morgan fingerprint density at radius 2 is 2.00 bits per heavy atom. The van der Waals surface area contributed by atoms with Crippen molar-refractivity contribution in [3.8, 4) is 11.5 Å². The molecule has 3 aromatic rings. The van der Waals surface area contributed by atoms with Crippen molar-refractivity contribution < 1.29 is 14.6 Å². The predicted octanol–water partition coefficient (Wildman–Crippen LogP) is 5.67. The number of aliphatic hydroxyl groups is 1. The molecule has 0 amide bonds. The van der Waals surface area contributed by atoms with E-state index in [1.165, 1.54) is 5.56 Å². The molecule has 1 N–H and O–H groups in total. The molecule has 0 radical (unpaired) electrons. The van der Waals surface area contributed by atoms with Crippen LogP contribution in [0.25, 0.3) is 0 Å². The molecular formula is C29H38ClN3O3. The summed E-state index contributed by atoms with van der Waals surface area (Å²) in [6.45, 7) is 8.58. The fourth-order valence-electron chi connectivity index (χ4n) is 4.75. The zero-order chi connectivity index (χ0) is 25.4. The van der Waals surface area contributed by atoms with Crippen molar-refractivity contribution in [1.29, 1.82) is 0 Å². The van der Waals surface area contributed by atoms with Gasteiger partial charge in [0, 0.05) is 38.4 Å². The van der Waals surface area contributed by atoms with Crippen LogP contribution in [0.1, 0.15) is 49.6 Å². The van der Waals surface area contributed by atoms with Gasteiger partial charge >= 0.3 is 0 Å². The summed E-state index contributed by atoms with van der Waals surface area (Å²) < 4.78 is 14.2. The molecule has 194 valence electrons. The van der Waals surface area contributed by atoms with E-state index in [1.807, 2.05) is 43.6 Å². The molecule has 36 heavy (non-hydrogen) atoms. The van der Waals surface area contributed by atoms with Gasteiger partial charge in [-0.3, -0.25) is 4.90 Å². The van der Waals surface area contributed by atoms with E-state index in [-0.39, 0.29) is 6.61 Å². The predicted molar refractivity (Wildman–Crippen MR) is 144 cm³/mol. The summed E-state index contributed by atoms with van der Waals surface area (Å²) in [5.41, 5.74) is 1.46. The Hall–Kier alpha value is -2.54. The molecule has 1 fully saturated rings. The van der Waals surface area contributed by atoms with E-state index >= 15 is 0 Å². The average molecular weight is 512 g/mol. The summed E-state index contributed by atoms with van der Waals surface area (Å²) in [6.07, 6.45) is 8.08. The van der Waals surface area contributed by atoms with Crippen LogP contribution in [-0.4, -0.2) is 51.5 Å². The number of imidazole rings is 1. The fraction of sp³-hybridized carbons (Fsp3) is 0.483. The lowest BCUT2D eigenvalue weighted by Crippen LogP contribution is -2.37. The molecule has 0 aliphatic carbocycles. The first-order valence-corrected chi connectivity index (χ1v) is 13.4. The lowest BCUT2D eigenvalue weighted by Gasteiger charge is -2.27. The van der Waals surface area contributed by atoms with Crippen LogP contribution in [0, 0.1) is 6.92 Å². The largest absolute Gasteiger partial charge is 0.494 e. The van der Waals surface area contributed by atoms with Crippen LogP contribution < -0.4 is 9.47 Å². The van der Waals surface area contributed by atoms with Crippen molar-refractivity contribution in [2.75, 3.05) is 26.3 Å². The van der Waals surface area contributed by atoms with E-state index in [4.69, 9.17) is 21.1 Å². The molecule has 1 aromatic heterocycles. The number of nitrogens with zero attached hydrogens (tertiary/aromatic N) is 3. The number of benzene rings is 2. The number of aryl methyl sites for hydroxylation is 3. The first-order chi connectivity index (χ1) is 17.4. The smallest absolute Gasteiger partial charge is 0.138 e. The van der Waals surface area contributed by atoms with Gasteiger partial charge in [0.2, 0.25) is 0 Å². The molecule has 1 saturated heterocycles. The number of likely N-dealkylation sites (tertiary alicyclic amines) is 1. The summed E-state index contributed by atoms with van der Waals surface area (Å²) in [4.78, 5) is 6.78. The van der Waals surface area contributed by atoms with Crippen molar-refractivity contribution in [1.82, 2.24) is 14.5 Å². The molecule has 1 aliphatic heterocycles. The van der Waals surface area contributed by atoms with Crippen molar-refractivity contribution in [3.63, 3.8) is 0 Å². The topological polar surface area (TPSA) is 59.8 Å². The molecule has 2 aromatic carbocycles. The minimum Gasteiger partial charge on any atom is -0.494 e. The molecule has 1 aliphatic rings. The summed E-state index contributed by atoms with van der Waals surface area (Å²) in [6, 6.07) is 14.1. The van der Waals surface area contributed by atoms with Crippen LogP contribution in [-0.2, 0) is 19.5 Å². The third-order valence-corrected chi connectivity index (χ3v) is 7.14. The van der Waals surface area contributed by atoms with Crippen LogP contribution in [0.2, 0.25) is 5.02 Å². The molecule has 4 rings (SSSR count). The molecule has 2 heterocycles. The number of aromatic nitrogens is 2. The number of hydrogen-bond donors (Lipinski definition) is 1. The lowest BCUT2D eigenvalue weighted by molar-refractivity contribution is -0.0168. The number of halogens is 1. The van der Waals surface area contributed by atoms with Gasteiger partial charge in [-0.1, -0.05) is 36.7 Å². The van der Waals surface area contributed by atoms with Gasteiger partial charge in [-0.15, -0.1) is 0 Å². The Morgan fingerprint density at radius 1 is 1.11 bits per heavy atom. The van der Waals surface area contributed by atoms with E-state index in [9.17, 15) is 5.11 Å². The maximum atomic E-state index is 11.2. The lowest BCUT2D eigenvalue weighted by atomic mass is 9.96. The Bertz CT molecular complexity index is 1120. The van der Waals surface area contributed by atoms with Crippen LogP contribution >= 0.6 is 11.6 Å². The highest BCUT2D eigenvalue weighted by Crippen LogP contribution is 2.29. The first kappa shape index (κ1) is 26.5. The Labute approximate surface area is 219 Å². The van der Waals surface area contributed by atoms with Gasteiger partial charge in [0.1, 0.15) is 23.9 Å². The molecule has 7 heteroatoms. The number of ether oxygens (including phenoxy) is 2. The van der Waals surface area contributed by atoms with Gasteiger partial charge in [-0.2, -0.15) is 0 Å². The van der Waals surface area contributed by atoms with E-state index in [2.05, 4.69) is 39.6 Å². The molecule has 6 nitrogen and oxygen atoms in total. The van der Waals surface area contributed by atoms with Crippen LogP contribution in [0.15, 0.2) is 54.9 Å². The minimum absolute atomic E-state index is 0.256. The second-order valence-electron chi connectivity index (χ2n) is 9.82. The Kier molecular flexibility index (Phi) is 9.30. The molecule has 0 spiro atoms. The summed E-state index contributed by atoms with van der Waals surface area (Å²) in [5.74, 6) is 2.66. The quantitative estimate of drug-likeness (QED) is 0.336. The zero-order valence-corrected chi connectivity index (χ0v) is 22.2. The second kappa shape index (κ2) is 12.6. The molecule has 0 saturated carbocycles. The highest BCUT2D eigenvalue weighted by Gasteiger charge is 2.31. The van der Waals surface area contributed by atoms with Crippen molar-refractivity contribution in [2.45, 2.75) is 64.6 Å². The monoisotopic (exact) mass is 511 g/mol. The maximum absolute atomic E-state index is 11.2. The summed E-state index contributed by atoms with van der Waals surface area (Å²) >= 11 is 6.26. The van der Waals surface area contributed by atoms with Gasteiger partial charge in [0.05, 0.1) is 17.2 Å². The Balaban J connectivity index is 1.24. The summed E-state index contributed by atoms with van der Waals surface area (Å²) in [5, 5.41) is 11.8. The molecule has 1 unspecified atom stereocenters. The fourth-order valence-corrected chi connectivity index (χ4v) is 4.92. The van der Waals surface area contributed by atoms with Crippen molar-refractivity contribution in [2.24, 2.45) is 0 Å². The third-order valence-electron chi connectivity index (χ3n) is 6.83. The SMILES string of the molecule is CCc1nccn1CCCOc1cccc(CN2CCCC(O)(COc3cc(C)ccc3Cl)CC2)c1. The van der Waals surface area contributed by atoms with Gasteiger partial charge in [-0.25, -0.2) is 4.98 Å². The van der Waals surface area contributed by atoms with E-state index in [1.54, 1.807) is 0 Å². The maximum Gasteiger partial charge on any atom is 0.138 e. The van der Waals surface area contributed by atoms with E-state index in [0.717, 1.165) is 62.6 Å². The van der Waals surface area contributed by atoms with Gasteiger partial charge in [0.25, 0.3) is 0 Å². The van der Waals surface area contributed by atoms with Crippen molar-refractivity contribution in [3.05, 3.63) is 76.8 Å². The average Bonchev–Trinajstić information content (AvgIpc) is 3.25. The minimum atomic E-state index is -0.848. The van der Waals surface area contributed by atoms with Gasteiger partial charge < -0.3 is 19.1 Å². The molecule has 0 bridgehead atoms. The second-order valence-corrected chi connectivity index (χ2v) is 10.2. The van der Waals surface area contributed by atoms with Crippen LogP contribution in [0.5, 0.6) is 11.5 Å².